The van der Waals surface area contributed by atoms with Gasteiger partial charge < -0.3 is 15.7 Å². The van der Waals surface area contributed by atoms with E-state index in [2.05, 4.69) is 20.6 Å². The van der Waals surface area contributed by atoms with E-state index in [0.717, 1.165) is 27.7 Å². The Hall–Kier alpha value is -3.39. The summed E-state index contributed by atoms with van der Waals surface area (Å²) in [5.74, 6) is -0.181. The topological polar surface area (TPSA) is 104 Å². The van der Waals surface area contributed by atoms with Crippen molar-refractivity contribution in [1.82, 2.24) is 15.3 Å². The summed E-state index contributed by atoms with van der Waals surface area (Å²) >= 11 is 1.48. The molecule has 0 radical (unpaired) electrons. The molecule has 0 amide bonds. The minimum atomic E-state index is -0.953. The number of fused-ring (bicyclic) bond motifs is 1. The largest absolute Gasteiger partial charge is 0.480 e. The van der Waals surface area contributed by atoms with E-state index in [1.165, 1.54) is 11.8 Å². The third kappa shape index (κ3) is 4.77. The van der Waals surface area contributed by atoms with Crippen LogP contribution in [0.1, 0.15) is 33.3 Å². The molecule has 8 heteroatoms. The van der Waals surface area contributed by atoms with Crippen molar-refractivity contribution in [2.75, 3.05) is 5.32 Å². The number of hydrogen-bond acceptors (Lipinski definition) is 7. The van der Waals surface area contributed by atoms with Crippen LogP contribution in [0, 0.1) is 5.41 Å². The van der Waals surface area contributed by atoms with Gasteiger partial charge in [-0.25, -0.2) is 9.78 Å². The first-order valence-corrected chi connectivity index (χ1v) is 12.0. The molecule has 176 valence electrons. The van der Waals surface area contributed by atoms with Crippen molar-refractivity contribution < 1.29 is 14.7 Å². The molecule has 0 bridgehead atoms. The van der Waals surface area contributed by atoms with Gasteiger partial charge in [-0.05, 0) is 49.1 Å². The van der Waals surface area contributed by atoms with Gasteiger partial charge in [-0.3, -0.25) is 9.78 Å². The molecule has 0 fully saturated rings. The molecule has 3 N–H and O–H groups in total. The number of nitrogens with one attached hydrogen (secondary N) is 2. The summed E-state index contributed by atoms with van der Waals surface area (Å²) in [4.78, 5) is 33.8. The molecular formula is C26H28N4O3S. The standard InChI is InChI=1S/C26H28N4O3S/c1-15(2)34-21-22(26(3,4)23(21)31)30-20(25(32)33)13-16-5-7-18(8-6-16)29-24-19-14-27-11-9-17(19)10-12-28-24/h5-12,14-15,20,30H,13H2,1-4H3,(H,28,29)(H,32,33)/t20-/m0/s1. The molecule has 2 heterocycles. The lowest BCUT2D eigenvalue weighted by molar-refractivity contribution is -0.139. The Morgan fingerprint density at radius 1 is 1.12 bits per heavy atom. The highest BCUT2D eigenvalue weighted by atomic mass is 32.2. The highest BCUT2D eigenvalue weighted by Gasteiger charge is 2.48. The van der Waals surface area contributed by atoms with Gasteiger partial charge in [0.25, 0.3) is 0 Å². The Morgan fingerprint density at radius 3 is 2.50 bits per heavy atom. The number of carbonyl (C=O) groups excluding carboxylic acids is 1. The van der Waals surface area contributed by atoms with E-state index in [0.29, 0.717) is 17.1 Å². The van der Waals surface area contributed by atoms with Gasteiger partial charge in [0.1, 0.15) is 11.9 Å². The quantitative estimate of drug-likeness (QED) is 0.400. The predicted molar refractivity (Wildman–Crippen MR) is 136 cm³/mol. The Balaban J connectivity index is 1.49. The smallest absolute Gasteiger partial charge is 0.326 e. The first kappa shape index (κ1) is 23.8. The fourth-order valence-electron chi connectivity index (χ4n) is 3.91. The van der Waals surface area contributed by atoms with E-state index in [9.17, 15) is 14.7 Å². The lowest BCUT2D eigenvalue weighted by Gasteiger charge is -2.40. The fraction of sp³-hybridized carbons (Fsp3) is 0.308. The maximum atomic E-state index is 12.5. The number of thioether (sulfide) groups is 1. The minimum absolute atomic E-state index is 0.0607. The highest BCUT2D eigenvalue weighted by Crippen LogP contribution is 2.47. The fourth-order valence-corrected chi connectivity index (χ4v) is 5.17. The van der Waals surface area contributed by atoms with Crippen molar-refractivity contribution >= 4 is 45.8 Å². The number of Topliss-reactive ketones (excluding diaryl/α,β-unsaturated/α-hetero) is 1. The third-order valence-electron chi connectivity index (χ3n) is 5.82. The van der Waals surface area contributed by atoms with Crippen LogP contribution in [0.15, 0.2) is 65.6 Å². The van der Waals surface area contributed by atoms with Crippen molar-refractivity contribution in [3.05, 3.63) is 71.2 Å². The van der Waals surface area contributed by atoms with Crippen molar-refractivity contribution in [3.63, 3.8) is 0 Å². The van der Waals surface area contributed by atoms with E-state index in [1.54, 1.807) is 18.6 Å². The molecule has 1 aliphatic rings. The molecule has 0 aliphatic heterocycles. The monoisotopic (exact) mass is 476 g/mol. The number of nitrogens with zero attached hydrogens (tertiary/aromatic N) is 2. The molecule has 7 nitrogen and oxygen atoms in total. The number of carboxylic acid groups (broad SMARTS) is 1. The number of hydrogen-bond donors (Lipinski definition) is 3. The van der Waals surface area contributed by atoms with Gasteiger partial charge in [0.05, 0.1) is 10.3 Å². The van der Waals surface area contributed by atoms with Crippen LogP contribution in [-0.2, 0) is 16.0 Å². The van der Waals surface area contributed by atoms with Crippen LogP contribution in [0.2, 0.25) is 0 Å². The van der Waals surface area contributed by atoms with Gasteiger partial charge >= 0.3 is 5.97 Å². The number of aliphatic carboxylic acids is 1. The van der Waals surface area contributed by atoms with Crippen molar-refractivity contribution in [2.45, 2.75) is 45.4 Å². The molecule has 0 saturated carbocycles. The zero-order valence-electron chi connectivity index (χ0n) is 19.6. The number of pyridine rings is 2. The second kappa shape index (κ2) is 9.46. The van der Waals surface area contributed by atoms with Crippen LogP contribution in [0.25, 0.3) is 10.8 Å². The van der Waals surface area contributed by atoms with Gasteiger partial charge in [0.2, 0.25) is 0 Å². The maximum Gasteiger partial charge on any atom is 0.326 e. The maximum absolute atomic E-state index is 12.5. The van der Waals surface area contributed by atoms with E-state index in [-0.39, 0.29) is 11.0 Å². The number of carbonyl (C=O) groups is 2. The van der Waals surface area contributed by atoms with E-state index in [1.807, 2.05) is 64.1 Å². The summed E-state index contributed by atoms with van der Waals surface area (Å²) in [6.45, 7) is 7.70. The van der Waals surface area contributed by atoms with Crippen molar-refractivity contribution in [1.29, 1.82) is 0 Å². The van der Waals surface area contributed by atoms with Crippen LogP contribution >= 0.6 is 11.8 Å². The summed E-state index contributed by atoms with van der Waals surface area (Å²) in [6, 6.07) is 10.6. The van der Waals surface area contributed by atoms with Gasteiger partial charge in [-0.1, -0.05) is 26.0 Å². The lowest BCUT2D eigenvalue weighted by atomic mass is 9.74. The van der Waals surface area contributed by atoms with E-state index < -0.39 is 17.4 Å². The lowest BCUT2D eigenvalue weighted by Crippen LogP contribution is -2.50. The third-order valence-corrected chi connectivity index (χ3v) is 6.92. The van der Waals surface area contributed by atoms with E-state index >= 15 is 0 Å². The number of benzene rings is 1. The van der Waals surface area contributed by atoms with Crippen LogP contribution in [0.3, 0.4) is 0 Å². The Labute approximate surface area is 203 Å². The highest BCUT2D eigenvalue weighted by molar-refractivity contribution is 8.04. The minimum Gasteiger partial charge on any atom is -0.480 e. The molecule has 3 aromatic rings. The first-order chi connectivity index (χ1) is 16.2. The second-order valence-electron chi connectivity index (χ2n) is 9.14. The number of rotatable bonds is 9. The molecule has 1 atom stereocenters. The zero-order valence-corrected chi connectivity index (χ0v) is 20.4. The van der Waals surface area contributed by atoms with Gasteiger partial charge in [-0.2, -0.15) is 0 Å². The zero-order chi connectivity index (χ0) is 24.5. The van der Waals surface area contributed by atoms with Gasteiger partial charge in [0, 0.05) is 47.0 Å². The van der Waals surface area contributed by atoms with Crippen LogP contribution in [0.5, 0.6) is 0 Å². The molecule has 1 aromatic carbocycles. The molecule has 2 aromatic heterocycles. The summed E-state index contributed by atoms with van der Waals surface area (Å²) in [6.07, 6.45) is 5.55. The summed E-state index contributed by atoms with van der Waals surface area (Å²) in [5.41, 5.74) is 1.74. The average Bonchev–Trinajstić information content (AvgIpc) is 2.81. The predicted octanol–water partition coefficient (Wildman–Crippen LogP) is 4.92. The van der Waals surface area contributed by atoms with Crippen LogP contribution < -0.4 is 10.6 Å². The van der Waals surface area contributed by atoms with Crippen molar-refractivity contribution in [2.24, 2.45) is 5.41 Å². The average molecular weight is 477 g/mol. The van der Waals surface area contributed by atoms with E-state index in [4.69, 9.17) is 0 Å². The molecular weight excluding hydrogens is 448 g/mol. The molecule has 4 rings (SSSR count). The Kier molecular flexibility index (Phi) is 6.61. The Morgan fingerprint density at radius 2 is 1.82 bits per heavy atom. The van der Waals surface area contributed by atoms with Gasteiger partial charge in [0.15, 0.2) is 5.78 Å². The van der Waals surface area contributed by atoms with Gasteiger partial charge in [-0.15, -0.1) is 11.8 Å². The number of anilines is 2. The molecule has 0 unspecified atom stereocenters. The summed E-state index contributed by atoms with van der Waals surface area (Å²) in [5, 5.41) is 18.5. The molecule has 0 saturated heterocycles. The number of carboxylic acids is 1. The van der Waals surface area contributed by atoms with Crippen molar-refractivity contribution in [3.8, 4) is 0 Å². The number of ketones is 1. The molecule has 1 aliphatic carbocycles. The first-order valence-electron chi connectivity index (χ1n) is 11.2. The molecule has 0 spiro atoms. The number of aromatic nitrogens is 2. The van der Waals surface area contributed by atoms with Crippen LogP contribution in [-0.4, -0.2) is 38.1 Å². The normalized spacial score (nSPS) is 15.9. The Bertz CT molecular complexity index is 1260. The molecule has 34 heavy (non-hydrogen) atoms. The SMILES string of the molecule is CC(C)SC1=C(N[C@@H](Cc2ccc(Nc3nccc4ccncc34)cc2)C(=O)O)C(C)(C)C1=O. The summed E-state index contributed by atoms with van der Waals surface area (Å²) < 4.78 is 0. The second-order valence-corrected chi connectivity index (χ2v) is 10.7. The number of allylic oxidation sites excluding steroid dienone is 2. The van der Waals surface area contributed by atoms with Crippen LogP contribution in [0.4, 0.5) is 11.5 Å². The summed E-state index contributed by atoms with van der Waals surface area (Å²) in [7, 11) is 0.